The van der Waals surface area contributed by atoms with Gasteiger partial charge in [-0.2, -0.15) is 4.98 Å². The van der Waals surface area contributed by atoms with E-state index in [0.29, 0.717) is 12.3 Å². The van der Waals surface area contributed by atoms with E-state index in [9.17, 15) is 10.1 Å². The third-order valence-corrected chi connectivity index (χ3v) is 3.26. The normalized spacial score (nSPS) is 10.4. The van der Waals surface area contributed by atoms with Crippen molar-refractivity contribution in [3.63, 3.8) is 0 Å². The van der Waals surface area contributed by atoms with E-state index in [1.54, 1.807) is 30.9 Å². The summed E-state index contributed by atoms with van der Waals surface area (Å²) in [5.41, 5.74) is -0.311. The van der Waals surface area contributed by atoms with E-state index in [-0.39, 0.29) is 17.4 Å². The van der Waals surface area contributed by atoms with Gasteiger partial charge in [0.25, 0.3) is 0 Å². The van der Waals surface area contributed by atoms with Crippen LogP contribution in [0.4, 0.5) is 11.5 Å². The highest BCUT2D eigenvalue weighted by Crippen LogP contribution is 2.33. The number of ether oxygens (including phenoxy) is 1. The van der Waals surface area contributed by atoms with Crippen molar-refractivity contribution in [3.05, 3.63) is 59.7 Å². The van der Waals surface area contributed by atoms with Crippen LogP contribution in [0.2, 0.25) is 0 Å². The summed E-state index contributed by atoms with van der Waals surface area (Å²) < 4.78 is 7.39. The lowest BCUT2D eigenvalue weighted by molar-refractivity contribution is -0.385. The molecule has 0 aromatic carbocycles. The second kappa shape index (κ2) is 7.81. The van der Waals surface area contributed by atoms with Crippen LogP contribution < -0.4 is 10.1 Å². The molecule has 25 heavy (non-hydrogen) atoms. The van der Waals surface area contributed by atoms with Crippen LogP contribution in [0.3, 0.4) is 0 Å². The molecule has 3 heterocycles. The summed E-state index contributed by atoms with van der Waals surface area (Å²) in [5.74, 6) is 0.338. The van der Waals surface area contributed by atoms with Crippen molar-refractivity contribution in [1.82, 2.24) is 24.5 Å². The number of aryl methyl sites for hydroxylation is 1. The van der Waals surface area contributed by atoms with Crippen molar-refractivity contribution in [2.45, 2.75) is 13.0 Å². The molecule has 0 aliphatic carbocycles. The molecule has 1 N–H and O–H groups in total. The molecule has 0 atom stereocenters. The minimum Gasteiger partial charge on any atom is -0.432 e. The Morgan fingerprint density at radius 1 is 1.28 bits per heavy atom. The van der Waals surface area contributed by atoms with Gasteiger partial charge in [-0.1, -0.05) is 0 Å². The van der Waals surface area contributed by atoms with Gasteiger partial charge in [0.05, 0.1) is 17.4 Å². The Kier molecular flexibility index (Phi) is 5.10. The highest BCUT2D eigenvalue weighted by molar-refractivity contribution is 5.61. The zero-order valence-electron chi connectivity index (χ0n) is 13.1. The van der Waals surface area contributed by atoms with Gasteiger partial charge in [-0.05, 0) is 18.6 Å². The van der Waals surface area contributed by atoms with E-state index in [1.165, 1.54) is 12.5 Å². The fraction of sp³-hybridized carbons (Fsp3) is 0.200. The predicted molar refractivity (Wildman–Crippen MR) is 88.3 cm³/mol. The van der Waals surface area contributed by atoms with Gasteiger partial charge in [0.1, 0.15) is 12.1 Å². The molecule has 0 saturated heterocycles. The van der Waals surface area contributed by atoms with Gasteiger partial charge in [0.2, 0.25) is 5.82 Å². The molecule has 128 valence electrons. The molecular formula is C15H15N7O3. The van der Waals surface area contributed by atoms with Crippen LogP contribution in [0.1, 0.15) is 6.42 Å². The van der Waals surface area contributed by atoms with Crippen LogP contribution in [-0.4, -0.2) is 36.0 Å². The number of nitrogens with zero attached hydrogens (tertiary/aromatic N) is 6. The molecule has 3 aromatic heterocycles. The van der Waals surface area contributed by atoms with E-state index < -0.39 is 4.92 Å². The molecule has 0 aliphatic heterocycles. The highest BCUT2D eigenvalue weighted by atomic mass is 16.6. The quantitative estimate of drug-likeness (QED) is 0.376. The van der Waals surface area contributed by atoms with Gasteiger partial charge in [-0.3, -0.25) is 15.1 Å². The zero-order valence-corrected chi connectivity index (χ0v) is 13.1. The maximum Gasteiger partial charge on any atom is 0.373 e. The maximum atomic E-state index is 11.4. The Hall–Kier alpha value is -3.56. The van der Waals surface area contributed by atoms with Gasteiger partial charge >= 0.3 is 11.6 Å². The van der Waals surface area contributed by atoms with Crippen LogP contribution in [0.25, 0.3) is 0 Å². The van der Waals surface area contributed by atoms with Crippen LogP contribution in [0.15, 0.2) is 49.6 Å². The first-order chi connectivity index (χ1) is 12.2. The molecule has 3 aromatic rings. The Morgan fingerprint density at radius 3 is 2.92 bits per heavy atom. The number of hydrogen-bond acceptors (Lipinski definition) is 8. The molecule has 0 bridgehead atoms. The lowest BCUT2D eigenvalue weighted by atomic mass is 10.4. The Morgan fingerprint density at radius 2 is 2.20 bits per heavy atom. The number of pyridine rings is 1. The molecule has 10 nitrogen and oxygen atoms in total. The van der Waals surface area contributed by atoms with Crippen LogP contribution in [-0.2, 0) is 6.54 Å². The maximum absolute atomic E-state index is 11.4. The molecule has 0 spiro atoms. The smallest absolute Gasteiger partial charge is 0.373 e. The SMILES string of the molecule is O=[N+]([O-])c1c(NCCCn2ccnc2)ncnc1Oc1cccnc1. The van der Waals surface area contributed by atoms with Crippen LogP contribution in [0, 0.1) is 10.1 Å². The van der Waals surface area contributed by atoms with E-state index in [4.69, 9.17) is 4.74 Å². The van der Waals surface area contributed by atoms with Crippen molar-refractivity contribution in [2.75, 3.05) is 11.9 Å². The monoisotopic (exact) mass is 341 g/mol. The molecule has 0 aliphatic rings. The second-order valence-corrected chi connectivity index (χ2v) is 5.00. The first kappa shape index (κ1) is 16.3. The summed E-state index contributed by atoms with van der Waals surface area (Å²) in [6.45, 7) is 1.24. The molecule has 10 heteroatoms. The number of anilines is 1. The van der Waals surface area contributed by atoms with E-state index >= 15 is 0 Å². The molecule has 3 rings (SSSR count). The largest absolute Gasteiger partial charge is 0.432 e. The molecule has 0 saturated carbocycles. The topological polar surface area (TPSA) is 121 Å². The highest BCUT2D eigenvalue weighted by Gasteiger charge is 2.24. The fourth-order valence-electron chi connectivity index (χ4n) is 2.14. The summed E-state index contributed by atoms with van der Waals surface area (Å²) in [4.78, 5) is 26.6. The molecule has 0 amide bonds. The fourth-order valence-corrected chi connectivity index (χ4v) is 2.14. The van der Waals surface area contributed by atoms with Crippen molar-refractivity contribution < 1.29 is 9.66 Å². The molecule has 0 unspecified atom stereocenters. The summed E-state index contributed by atoms with van der Waals surface area (Å²) in [5, 5.41) is 14.4. The van der Waals surface area contributed by atoms with Gasteiger partial charge in [0, 0.05) is 31.7 Å². The standard InChI is InChI=1S/C15H15N7O3/c23-22(24)13-14(18-5-2-7-21-8-6-17-11-21)19-10-20-15(13)25-12-3-1-4-16-9-12/h1,3-4,6,8-11H,2,5,7H2,(H,18,19,20). The summed E-state index contributed by atoms with van der Waals surface area (Å²) >= 11 is 0. The first-order valence-electron chi connectivity index (χ1n) is 7.51. The van der Waals surface area contributed by atoms with Crippen molar-refractivity contribution in [3.8, 4) is 11.6 Å². The Labute approximate surface area is 142 Å². The second-order valence-electron chi connectivity index (χ2n) is 5.00. The van der Waals surface area contributed by atoms with Gasteiger partial charge in [-0.15, -0.1) is 0 Å². The van der Waals surface area contributed by atoms with Gasteiger partial charge in [0.15, 0.2) is 0 Å². The number of nitro groups is 1. The Bertz CT molecular complexity index is 824. The van der Waals surface area contributed by atoms with Gasteiger partial charge in [-0.25, -0.2) is 9.97 Å². The molecule has 0 fully saturated rings. The predicted octanol–water partition coefficient (Wildman–Crippen LogP) is 2.27. The van der Waals surface area contributed by atoms with Crippen LogP contribution in [0.5, 0.6) is 11.6 Å². The van der Waals surface area contributed by atoms with Gasteiger partial charge < -0.3 is 14.6 Å². The molecular weight excluding hydrogens is 326 g/mol. The van der Waals surface area contributed by atoms with E-state index in [1.807, 2.05) is 10.8 Å². The lowest BCUT2D eigenvalue weighted by Crippen LogP contribution is -2.10. The average Bonchev–Trinajstić information content (AvgIpc) is 3.13. The number of aromatic nitrogens is 5. The average molecular weight is 341 g/mol. The summed E-state index contributed by atoms with van der Waals surface area (Å²) in [6.07, 6.45) is 10.3. The van der Waals surface area contributed by atoms with Crippen molar-refractivity contribution >= 4 is 11.5 Å². The number of imidazole rings is 1. The zero-order chi connectivity index (χ0) is 17.5. The summed E-state index contributed by atoms with van der Waals surface area (Å²) in [6, 6.07) is 3.30. The van der Waals surface area contributed by atoms with Crippen LogP contribution >= 0.6 is 0 Å². The minimum atomic E-state index is -0.566. The van der Waals surface area contributed by atoms with Crippen molar-refractivity contribution in [2.24, 2.45) is 0 Å². The van der Waals surface area contributed by atoms with E-state index in [2.05, 4.69) is 25.3 Å². The number of nitrogens with one attached hydrogen (secondary N) is 1. The number of rotatable bonds is 8. The minimum absolute atomic E-state index is 0.115. The Balaban J connectivity index is 1.70. The summed E-state index contributed by atoms with van der Waals surface area (Å²) in [7, 11) is 0. The lowest BCUT2D eigenvalue weighted by Gasteiger charge is -2.09. The first-order valence-corrected chi connectivity index (χ1v) is 7.51. The number of hydrogen-bond donors (Lipinski definition) is 1. The third-order valence-electron chi connectivity index (χ3n) is 3.26. The third kappa shape index (κ3) is 4.25. The molecule has 0 radical (unpaired) electrons. The van der Waals surface area contributed by atoms with Crippen molar-refractivity contribution in [1.29, 1.82) is 0 Å². The van der Waals surface area contributed by atoms with E-state index in [0.717, 1.165) is 13.0 Å².